The molecule has 1 amide bonds. The number of carbonyl (C=O) groups is 1. The van der Waals surface area contributed by atoms with Crippen LogP contribution in [0.2, 0.25) is 5.02 Å². The Labute approximate surface area is 206 Å². The van der Waals surface area contributed by atoms with E-state index >= 15 is 0 Å². The van der Waals surface area contributed by atoms with E-state index in [9.17, 15) is 4.79 Å². The summed E-state index contributed by atoms with van der Waals surface area (Å²) in [4.78, 5) is 13.2. The van der Waals surface area contributed by atoms with Gasteiger partial charge in [-0.3, -0.25) is 9.36 Å². The lowest BCUT2D eigenvalue weighted by atomic mass is 10.2. The molecule has 1 N–H and O–H groups in total. The van der Waals surface area contributed by atoms with Gasteiger partial charge in [0, 0.05) is 21.2 Å². The summed E-state index contributed by atoms with van der Waals surface area (Å²) in [5.41, 5.74) is 5.49. The Morgan fingerprint density at radius 3 is 2.59 bits per heavy atom. The fraction of sp³-hybridized carbons (Fsp3) is 0.0909. The predicted molar refractivity (Wildman–Crippen MR) is 135 cm³/mol. The van der Waals surface area contributed by atoms with Crippen LogP contribution >= 0.6 is 50.6 Å². The molecule has 2 heterocycles. The number of nitrogens with zero attached hydrogens (tertiary/aromatic N) is 4. The van der Waals surface area contributed by atoms with Crippen LogP contribution in [0.15, 0.2) is 74.7 Å². The maximum atomic E-state index is 12.3. The van der Waals surface area contributed by atoms with Crippen LogP contribution in [0, 0.1) is 6.92 Å². The number of hydrogen-bond acceptors (Lipinski definition) is 6. The average molecular weight is 547 g/mol. The van der Waals surface area contributed by atoms with E-state index in [0.717, 1.165) is 25.5 Å². The van der Waals surface area contributed by atoms with E-state index in [4.69, 9.17) is 11.6 Å². The smallest absolute Gasteiger partial charge is 0.250 e. The number of carbonyl (C=O) groups excluding carboxylic acids is 1. The molecule has 0 aliphatic carbocycles. The largest absolute Gasteiger partial charge is 0.272 e. The summed E-state index contributed by atoms with van der Waals surface area (Å²) in [6, 6.07) is 19.3. The molecule has 0 saturated heterocycles. The first-order valence-corrected chi connectivity index (χ1v) is 12.5. The number of nitrogens with one attached hydrogen (secondary N) is 1. The van der Waals surface area contributed by atoms with Crippen LogP contribution in [0.1, 0.15) is 10.4 Å². The summed E-state index contributed by atoms with van der Waals surface area (Å²) in [5, 5.41) is 14.0. The molecule has 0 fully saturated rings. The maximum Gasteiger partial charge on any atom is 0.250 e. The zero-order valence-corrected chi connectivity index (χ0v) is 20.8. The molecule has 4 aromatic rings. The third-order valence-corrected chi connectivity index (χ3v) is 7.07. The van der Waals surface area contributed by atoms with E-state index in [1.165, 1.54) is 23.1 Å². The first kappa shape index (κ1) is 22.7. The normalized spacial score (nSPS) is 11.2. The van der Waals surface area contributed by atoms with E-state index in [1.807, 2.05) is 72.2 Å². The number of thioether (sulfide) groups is 1. The molecular weight excluding hydrogens is 530 g/mol. The number of benzene rings is 2. The molecule has 162 valence electrons. The molecule has 0 radical (unpaired) electrons. The van der Waals surface area contributed by atoms with Gasteiger partial charge in [0.2, 0.25) is 0 Å². The van der Waals surface area contributed by atoms with Crippen molar-refractivity contribution in [2.75, 3.05) is 5.75 Å². The summed E-state index contributed by atoms with van der Waals surface area (Å²) >= 11 is 12.3. The van der Waals surface area contributed by atoms with Crippen molar-refractivity contribution in [3.63, 3.8) is 0 Å². The first-order valence-electron chi connectivity index (χ1n) is 9.48. The molecule has 0 aliphatic rings. The summed E-state index contributed by atoms with van der Waals surface area (Å²) in [6.07, 6.45) is 1.62. The second-order valence-electron chi connectivity index (χ2n) is 6.71. The Morgan fingerprint density at radius 2 is 1.91 bits per heavy atom. The van der Waals surface area contributed by atoms with Crippen molar-refractivity contribution in [3.05, 3.63) is 79.9 Å². The molecule has 2 aromatic heterocycles. The summed E-state index contributed by atoms with van der Waals surface area (Å²) in [6.45, 7) is 2.03. The van der Waals surface area contributed by atoms with Gasteiger partial charge in [0.1, 0.15) is 0 Å². The van der Waals surface area contributed by atoms with Crippen LogP contribution in [0.25, 0.3) is 17.1 Å². The van der Waals surface area contributed by atoms with Crippen molar-refractivity contribution in [2.24, 2.45) is 5.10 Å². The number of aryl methyl sites for hydroxylation is 1. The third-order valence-electron chi connectivity index (χ3n) is 4.34. The van der Waals surface area contributed by atoms with Gasteiger partial charge in [0.15, 0.2) is 11.0 Å². The lowest BCUT2D eigenvalue weighted by molar-refractivity contribution is -0.118. The van der Waals surface area contributed by atoms with Crippen LogP contribution in [-0.2, 0) is 4.79 Å². The van der Waals surface area contributed by atoms with Crippen LogP contribution in [0.5, 0.6) is 0 Å². The van der Waals surface area contributed by atoms with Crippen molar-refractivity contribution < 1.29 is 4.79 Å². The molecule has 0 unspecified atom stereocenters. The van der Waals surface area contributed by atoms with Crippen molar-refractivity contribution >= 4 is 62.8 Å². The van der Waals surface area contributed by atoms with E-state index in [0.29, 0.717) is 16.0 Å². The SMILES string of the molecule is Cc1ccc(-n2c(SCC(=O)N/N=C\c3ccc(Br)s3)nnc2-c2ccc(Cl)cc2)cc1. The summed E-state index contributed by atoms with van der Waals surface area (Å²) < 4.78 is 2.94. The van der Waals surface area contributed by atoms with Gasteiger partial charge < -0.3 is 0 Å². The number of thiophene rings is 1. The van der Waals surface area contributed by atoms with E-state index in [-0.39, 0.29) is 11.7 Å². The molecular formula is C22H17BrClN5OS2. The standard InChI is InChI=1S/C22H17BrClN5OS2/c1-14-2-8-17(9-3-14)29-21(15-4-6-16(24)7-5-15)27-28-22(29)31-13-20(30)26-25-12-18-10-11-19(23)32-18/h2-12H,13H2,1H3,(H,26,30)/b25-12-. The van der Waals surface area contributed by atoms with Gasteiger partial charge in [0.25, 0.3) is 5.91 Å². The monoisotopic (exact) mass is 545 g/mol. The lowest BCUT2D eigenvalue weighted by Crippen LogP contribution is -2.19. The van der Waals surface area contributed by atoms with Gasteiger partial charge in [-0.15, -0.1) is 21.5 Å². The minimum Gasteiger partial charge on any atom is -0.272 e. The number of hydrogen-bond donors (Lipinski definition) is 1. The van der Waals surface area contributed by atoms with Crippen LogP contribution in [-0.4, -0.2) is 32.6 Å². The Balaban J connectivity index is 1.52. The summed E-state index contributed by atoms with van der Waals surface area (Å²) in [7, 11) is 0. The second kappa shape index (κ2) is 10.4. The fourth-order valence-electron chi connectivity index (χ4n) is 2.80. The van der Waals surface area contributed by atoms with Crippen molar-refractivity contribution in [3.8, 4) is 17.1 Å². The lowest BCUT2D eigenvalue weighted by Gasteiger charge is -2.10. The molecule has 0 aliphatic heterocycles. The minimum atomic E-state index is -0.228. The highest BCUT2D eigenvalue weighted by atomic mass is 79.9. The van der Waals surface area contributed by atoms with Crippen LogP contribution < -0.4 is 5.43 Å². The number of amides is 1. The molecule has 0 spiro atoms. The zero-order valence-electron chi connectivity index (χ0n) is 16.8. The number of halogens is 2. The van der Waals surface area contributed by atoms with Gasteiger partial charge in [-0.25, -0.2) is 5.43 Å². The molecule has 32 heavy (non-hydrogen) atoms. The zero-order chi connectivity index (χ0) is 22.5. The minimum absolute atomic E-state index is 0.149. The summed E-state index contributed by atoms with van der Waals surface area (Å²) in [5.74, 6) is 0.596. The quantitative estimate of drug-likeness (QED) is 0.176. The van der Waals surface area contributed by atoms with Gasteiger partial charge in [-0.2, -0.15) is 5.10 Å². The maximum absolute atomic E-state index is 12.3. The van der Waals surface area contributed by atoms with E-state index in [1.54, 1.807) is 6.21 Å². The third kappa shape index (κ3) is 5.66. The Morgan fingerprint density at radius 1 is 1.16 bits per heavy atom. The highest BCUT2D eigenvalue weighted by Crippen LogP contribution is 2.29. The average Bonchev–Trinajstić information content (AvgIpc) is 3.39. The van der Waals surface area contributed by atoms with Crippen molar-refractivity contribution in [2.45, 2.75) is 12.1 Å². The van der Waals surface area contributed by atoms with Gasteiger partial charge in [-0.05, 0) is 71.4 Å². The van der Waals surface area contributed by atoms with Gasteiger partial charge in [0.05, 0.1) is 15.8 Å². The van der Waals surface area contributed by atoms with E-state index in [2.05, 4.69) is 36.7 Å². The molecule has 0 saturated carbocycles. The van der Waals surface area contributed by atoms with Crippen LogP contribution in [0.3, 0.4) is 0 Å². The Bertz CT molecular complexity index is 1250. The topological polar surface area (TPSA) is 72.2 Å². The van der Waals surface area contributed by atoms with Crippen molar-refractivity contribution in [1.29, 1.82) is 0 Å². The Kier molecular flexibility index (Phi) is 7.41. The molecule has 6 nitrogen and oxygen atoms in total. The van der Waals surface area contributed by atoms with Crippen molar-refractivity contribution in [1.82, 2.24) is 20.2 Å². The number of rotatable bonds is 7. The number of hydrazone groups is 1. The fourth-order valence-corrected chi connectivity index (χ4v) is 4.97. The highest BCUT2D eigenvalue weighted by molar-refractivity contribution is 9.11. The van der Waals surface area contributed by atoms with Crippen LogP contribution in [0.4, 0.5) is 0 Å². The van der Waals surface area contributed by atoms with Gasteiger partial charge >= 0.3 is 0 Å². The molecule has 0 atom stereocenters. The predicted octanol–water partition coefficient (Wildman–Crippen LogP) is 5.96. The Hall–Kier alpha value is -2.46. The number of aromatic nitrogens is 3. The highest BCUT2D eigenvalue weighted by Gasteiger charge is 2.17. The molecule has 4 rings (SSSR count). The molecule has 0 bridgehead atoms. The molecule has 2 aromatic carbocycles. The van der Waals surface area contributed by atoms with Gasteiger partial charge in [-0.1, -0.05) is 41.1 Å². The first-order chi connectivity index (χ1) is 15.5. The van der Waals surface area contributed by atoms with E-state index < -0.39 is 0 Å². The second-order valence-corrected chi connectivity index (χ2v) is 10.6. The molecule has 10 heteroatoms.